The van der Waals surface area contributed by atoms with Crippen molar-refractivity contribution in [3.63, 3.8) is 0 Å². The summed E-state index contributed by atoms with van der Waals surface area (Å²) in [6.07, 6.45) is 2.02. The second-order valence-corrected chi connectivity index (χ2v) is 5.47. The minimum absolute atomic E-state index is 0.125. The van der Waals surface area contributed by atoms with Gasteiger partial charge in [-0.05, 0) is 71.7 Å². The average Bonchev–Trinajstić information content (AvgIpc) is 3.15. The Morgan fingerprint density at radius 1 is 1.12 bits per heavy atom. The number of aliphatic hydroxyl groups is 2. The predicted octanol–water partition coefficient (Wildman–Crippen LogP) is 3.33. The molecule has 0 bridgehead atoms. The summed E-state index contributed by atoms with van der Waals surface area (Å²) >= 11 is 0. The number of benzene rings is 1. The van der Waals surface area contributed by atoms with Gasteiger partial charge in [0.2, 0.25) is 0 Å². The van der Waals surface area contributed by atoms with Crippen molar-refractivity contribution in [3.05, 3.63) is 29.8 Å². The molecule has 1 fully saturated rings. The molecule has 0 spiro atoms. The van der Waals surface area contributed by atoms with E-state index in [1.807, 2.05) is 73.0 Å². The second-order valence-electron chi connectivity index (χ2n) is 5.47. The maximum Gasteiger partial charge on any atom is 0.119 e. The van der Waals surface area contributed by atoms with Crippen LogP contribution in [0.15, 0.2) is 24.3 Å². The topological polar surface area (TPSA) is 65.0 Å². The van der Waals surface area contributed by atoms with E-state index in [4.69, 9.17) is 14.9 Å². The van der Waals surface area contributed by atoms with Crippen LogP contribution in [0.25, 0.3) is 0 Å². The van der Waals surface area contributed by atoms with Crippen molar-refractivity contribution in [2.75, 3.05) is 47.4 Å². The molecule has 0 amide bonds. The highest BCUT2D eigenvalue weighted by molar-refractivity contribution is 5.27. The molecule has 1 aliphatic rings. The first-order valence-electron chi connectivity index (χ1n) is 9.78. The fourth-order valence-corrected chi connectivity index (χ4v) is 1.83. The molecular weight excluding hydrogens is 328 g/mol. The summed E-state index contributed by atoms with van der Waals surface area (Å²) in [5.74, 6) is 0.715. The van der Waals surface area contributed by atoms with Gasteiger partial charge in [-0.25, -0.2) is 0 Å². The van der Waals surface area contributed by atoms with Gasteiger partial charge in [0.25, 0.3) is 0 Å². The molecule has 1 heterocycles. The molecule has 3 N–H and O–H groups in total. The normalized spacial score (nSPS) is 13.3. The molecule has 1 aromatic carbocycles. The third-order valence-corrected chi connectivity index (χ3v) is 2.97. The van der Waals surface area contributed by atoms with E-state index in [-0.39, 0.29) is 13.2 Å². The molecular formula is C21H44N2O3. The molecule has 5 nitrogen and oxygen atoms in total. The highest BCUT2D eigenvalue weighted by atomic mass is 16.5. The second kappa shape index (κ2) is 23.9. The third-order valence-electron chi connectivity index (χ3n) is 2.97. The van der Waals surface area contributed by atoms with Gasteiger partial charge in [-0.2, -0.15) is 0 Å². The fraction of sp³-hybridized carbons (Fsp3) is 0.714. The molecule has 0 saturated carbocycles. The number of likely N-dealkylation sites (tertiary alicyclic amines) is 1. The standard InChI is InChI=1S/C10H14O3.C5H11N.C2H7N.2C2H6/c1-8-3-2-4-10(5-8)13-7-9(12)6-11;1-6-4-2-3-5-6;1-3-2;2*1-2/h2-5,9,11-12H,6-7H2,1H3;2-5H2,1H3;3H,1-2H3;2*1-2H3. The van der Waals surface area contributed by atoms with Gasteiger partial charge in [-0.1, -0.05) is 39.8 Å². The summed E-state index contributed by atoms with van der Waals surface area (Å²) in [7, 11) is 5.92. The van der Waals surface area contributed by atoms with E-state index >= 15 is 0 Å². The molecule has 1 unspecified atom stereocenters. The van der Waals surface area contributed by atoms with Gasteiger partial charge in [-0.3, -0.25) is 0 Å². The summed E-state index contributed by atoms with van der Waals surface area (Å²) in [5.41, 5.74) is 1.11. The number of hydrogen-bond donors (Lipinski definition) is 3. The van der Waals surface area contributed by atoms with Crippen LogP contribution < -0.4 is 10.1 Å². The van der Waals surface area contributed by atoms with Gasteiger partial charge < -0.3 is 25.2 Å². The predicted molar refractivity (Wildman–Crippen MR) is 114 cm³/mol. The van der Waals surface area contributed by atoms with Crippen LogP contribution in [0, 0.1) is 6.92 Å². The SMILES string of the molecule is CC.CC.CN1CCCC1.CNC.Cc1cccc(OCC(O)CO)c1. The van der Waals surface area contributed by atoms with Gasteiger partial charge in [-0.15, -0.1) is 0 Å². The number of nitrogens with zero attached hydrogens (tertiary/aromatic N) is 1. The first-order chi connectivity index (χ1) is 12.5. The minimum Gasteiger partial charge on any atom is -0.491 e. The molecule has 156 valence electrons. The van der Waals surface area contributed by atoms with Crippen molar-refractivity contribution < 1.29 is 14.9 Å². The number of aliphatic hydroxyl groups excluding tert-OH is 2. The van der Waals surface area contributed by atoms with Crippen molar-refractivity contribution in [2.24, 2.45) is 0 Å². The van der Waals surface area contributed by atoms with Crippen LogP contribution in [0.1, 0.15) is 46.1 Å². The smallest absolute Gasteiger partial charge is 0.119 e. The number of hydrogen-bond acceptors (Lipinski definition) is 5. The Morgan fingerprint density at radius 3 is 1.96 bits per heavy atom. The van der Waals surface area contributed by atoms with E-state index in [0.717, 1.165) is 5.56 Å². The molecule has 26 heavy (non-hydrogen) atoms. The number of aryl methyl sites for hydroxylation is 1. The zero-order valence-corrected chi connectivity index (χ0v) is 18.4. The Balaban J connectivity index is -0.000000338. The summed E-state index contributed by atoms with van der Waals surface area (Å²) in [6.45, 7) is 12.5. The third kappa shape index (κ3) is 20.9. The van der Waals surface area contributed by atoms with Gasteiger partial charge in [0.05, 0.1) is 6.61 Å². The lowest BCUT2D eigenvalue weighted by molar-refractivity contribution is 0.0536. The van der Waals surface area contributed by atoms with Crippen LogP contribution in [-0.2, 0) is 0 Å². The van der Waals surface area contributed by atoms with Gasteiger partial charge in [0.15, 0.2) is 0 Å². The Morgan fingerprint density at radius 2 is 1.62 bits per heavy atom. The van der Waals surface area contributed by atoms with Gasteiger partial charge >= 0.3 is 0 Å². The maximum atomic E-state index is 9.01. The first-order valence-corrected chi connectivity index (χ1v) is 9.78. The van der Waals surface area contributed by atoms with Crippen LogP contribution in [-0.4, -0.2) is 68.7 Å². The summed E-state index contributed by atoms with van der Waals surface area (Å²) in [6, 6.07) is 7.55. The zero-order valence-electron chi connectivity index (χ0n) is 18.4. The van der Waals surface area contributed by atoms with Crippen molar-refractivity contribution in [2.45, 2.75) is 53.6 Å². The summed E-state index contributed by atoms with van der Waals surface area (Å²) < 4.78 is 5.23. The molecule has 2 rings (SSSR count). The molecule has 0 aliphatic carbocycles. The number of ether oxygens (including phenoxy) is 1. The largest absolute Gasteiger partial charge is 0.491 e. The van der Waals surface area contributed by atoms with Crippen molar-refractivity contribution in [1.82, 2.24) is 10.2 Å². The van der Waals surface area contributed by atoms with E-state index in [2.05, 4.69) is 17.3 Å². The Labute approximate surface area is 162 Å². The van der Waals surface area contributed by atoms with E-state index in [0.29, 0.717) is 5.75 Å². The highest BCUT2D eigenvalue weighted by Gasteiger charge is 2.03. The van der Waals surface area contributed by atoms with Crippen LogP contribution >= 0.6 is 0 Å². The van der Waals surface area contributed by atoms with Crippen molar-refractivity contribution in [3.8, 4) is 5.75 Å². The highest BCUT2D eigenvalue weighted by Crippen LogP contribution is 2.12. The molecule has 1 atom stereocenters. The quantitative estimate of drug-likeness (QED) is 0.757. The monoisotopic (exact) mass is 372 g/mol. The molecule has 0 radical (unpaired) electrons. The fourth-order valence-electron chi connectivity index (χ4n) is 1.83. The molecule has 1 aromatic rings. The van der Waals surface area contributed by atoms with Crippen LogP contribution in [0.2, 0.25) is 0 Å². The zero-order chi connectivity index (χ0) is 20.8. The van der Waals surface area contributed by atoms with Gasteiger partial charge in [0.1, 0.15) is 18.5 Å². The molecule has 0 aromatic heterocycles. The number of nitrogens with one attached hydrogen (secondary N) is 1. The van der Waals surface area contributed by atoms with E-state index in [9.17, 15) is 0 Å². The minimum atomic E-state index is -0.805. The summed E-state index contributed by atoms with van der Waals surface area (Å²) in [5, 5.41) is 20.3. The van der Waals surface area contributed by atoms with E-state index in [1.54, 1.807) is 0 Å². The van der Waals surface area contributed by atoms with Crippen LogP contribution in [0.4, 0.5) is 0 Å². The van der Waals surface area contributed by atoms with Crippen LogP contribution in [0.5, 0.6) is 5.75 Å². The lowest BCUT2D eigenvalue weighted by atomic mass is 10.2. The Bertz CT molecular complexity index is 370. The Hall–Kier alpha value is -1.14. The van der Waals surface area contributed by atoms with Gasteiger partial charge in [0, 0.05) is 0 Å². The summed E-state index contributed by atoms with van der Waals surface area (Å²) in [4.78, 5) is 2.36. The first kappa shape index (κ1) is 29.6. The van der Waals surface area contributed by atoms with E-state index in [1.165, 1.54) is 25.9 Å². The maximum absolute atomic E-state index is 9.01. The van der Waals surface area contributed by atoms with Crippen LogP contribution in [0.3, 0.4) is 0 Å². The lowest BCUT2D eigenvalue weighted by Crippen LogP contribution is -2.21. The average molecular weight is 373 g/mol. The van der Waals surface area contributed by atoms with Crippen molar-refractivity contribution in [1.29, 1.82) is 0 Å². The molecule has 5 heteroatoms. The van der Waals surface area contributed by atoms with Crippen molar-refractivity contribution >= 4 is 0 Å². The lowest BCUT2D eigenvalue weighted by Gasteiger charge is -2.09. The molecule has 1 aliphatic heterocycles. The molecule has 1 saturated heterocycles. The van der Waals surface area contributed by atoms with E-state index < -0.39 is 6.10 Å². The Kier molecular flexibility index (Phi) is 27.2. The number of rotatable bonds is 4.